The van der Waals surface area contributed by atoms with Crippen LogP contribution in [-0.4, -0.2) is 17.1 Å². The maximum absolute atomic E-state index is 13.8. The molecule has 2 N–H and O–H groups in total. The summed E-state index contributed by atoms with van der Waals surface area (Å²) in [5.41, 5.74) is 3.59. The van der Waals surface area contributed by atoms with Crippen LogP contribution in [0.15, 0.2) is 71.6 Å². The molecule has 0 bridgehead atoms. The van der Waals surface area contributed by atoms with Crippen LogP contribution in [0.1, 0.15) is 35.3 Å². The molecular formula is C25H25FN2O2S. The molecule has 0 saturated heterocycles. The lowest BCUT2D eigenvalue weighted by Crippen LogP contribution is -2.23. The third-order valence-electron chi connectivity index (χ3n) is 4.90. The third kappa shape index (κ3) is 5.73. The lowest BCUT2D eigenvalue weighted by molar-refractivity contribution is -0.115. The molecule has 3 aromatic carbocycles. The minimum atomic E-state index is -0.563. The monoisotopic (exact) mass is 436 g/mol. The summed E-state index contributed by atoms with van der Waals surface area (Å²) in [4.78, 5) is 25.8. The van der Waals surface area contributed by atoms with Crippen molar-refractivity contribution in [2.45, 2.75) is 37.3 Å². The molecule has 0 heterocycles. The van der Waals surface area contributed by atoms with E-state index in [0.717, 1.165) is 28.1 Å². The molecule has 0 aliphatic carbocycles. The molecule has 0 spiro atoms. The Labute approximate surface area is 186 Å². The SMILES string of the molecule is CCc1cccc(C)c1NC(=O)C(C)Sc1ccc(NC(=O)c2ccccc2F)cc1. The fourth-order valence-corrected chi connectivity index (χ4v) is 4.01. The van der Waals surface area contributed by atoms with Crippen molar-refractivity contribution in [1.29, 1.82) is 0 Å². The molecule has 3 rings (SSSR count). The quantitative estimate of drug-likeness (QED) is 0.442. The smallest absolute Gasteiger partial charge is 0.258 e. The highest BCUT2D eigenvalue weighted by Crippen LogP contribution is 2.27. The Bertz CT molecular complexity index is 1080. The predicted octanol–water partition coefficient (Wildman–Crippen LogP) is 6.07. The lowest BCUT2D eigenvalue weighted by Gasteiger charge is -2.16. The van der Waals surface area contributed by atoms with Crippen LogP contribution >= 0.6 is 11.8 Å². The van der Waals surface area contributed by atoms with Gasteiger partial charge in [-0.25, -0.2) is 4.39 Å². The summed E-state index contributed by atoms with van der Waals surface area (Å²) in [5.74, 6) is -1.13. The molecule has 0 fully saturated rings. The molecule has 1 unspecified atom stereocenters. The zero-order valence-electron chi connectivity index (χ0n) is 17.7. The Morgan fingerprint density at radius 2 is 1.68 bits per heavy atom. The van der Waals surface area contributed by atoms with Crippen molar-refractivity contribution in [2.75, 3.05) is 10.6 Å². The highest BCUT2D eigenvalue weighted by Gasteiger charge is 2.17. The van der Waals surface area contributed by atoms with Crippen LogP contribution in [0.2, 0.25) is 0 Å². The first-order chi connectivity index (χ1) is 14.9. The van der Waals surface area contributed by atoms with Gasteiger partial charge in [-0.05, 0) is 67.8 Å². The van der Waals surface area contributed by atoms with E-state index in [-0.39, 0.29) is 16.7 Å². The van der Waals surface area contributed by atoms with Crippen molar-refractivity contribution in [3.05, 3.63) is 89.2 Å². The van der Waals surface area contributed by atoms with Crippen LogP contribution in [0, 0.1) is 12.7 Å². The fraction of sp³-hybridized carbons (Fsp3) is 0.200. The molecule has 0 aliphatic rings. The first-order valence-corrected chi connectivity index (χ1v) is 11.0. The second-order valence-corrected chi connectivity index (χ2v) is 8.58. The molecule has 4 nitrogen and oxygen atoms in total. The largest absolute Gasteiger partial charge is 0.325 e. The summed E-state index contributed by atoms with van der Waals surface area (Å²) >= 11 is 1.43. The van der Waals surface area contributed by atoms with Gasteiger partial charge < -0.3 is 10.6 Å². The van der Waals surface area contributed by atoms with Crippen molar-refractivity contribution in [1.82, 2.24) is 0 Å². The van der Waals surface area contributed by atoms with E-state index in [1.54, 1.807) is 18.2 Å². The van der Waals surface area contributed by atoms with Crippen LogP contribution in [0.5, 0.6) is 0 Å². The lowest BCUT2D eigenvalue weighted by atomic mass is 10.1. The molecule has 31 heavy (non-hydrogen) atoms. The van der Waals surface area contributed by atoms with Gasteiger partial charge in [-0.2, -0.15) is 0 Å². The zero-order chi connectivity index (χ0) is 22.4. The minimum absolute atomic E-state index is 0.00565. The number of anilines is 2. The molecule has 160 valence electrons. The number of carbonyl (C=O) groups excluding carboxylic acids is 2. The molecule has 0 radical (unpaired) electrons. The second kappa shape index (κ2) is 10.3. The van der Waals surface area contributed by atoms with E-state index in [4.69, 9.17) is 0 Å². The normalized spacial score (nSPS) is 11.6. The summed E-state index contributed by atoms with van der Waals surface area (Å²) in [6.07, 6.45) is 0.846. The molecule has 0 saturated carbocycles. The van der Waals surface area contributed by atoms with E-state index in [1.807, 2.05) is 44.2 Å². The van der Waals surface area contributed by atoms with Gasteiger partial charge in [-0.1, -0.05) is 37.3 Å². The van der Waals surface area contributed by atoms with Gasteiger partial charge in [-0.3, -0.25) is 9.59 Å². The van der Waals surface area contributed by atoms with Crippen LogP contribution < -0.4 is 10.6 Å². The van der Waals surface area contributed by atoms with Crippen molar-refractivity contribution < 1.29 is 14.0 Å². The number of nitrogens with one attached hydrogen (secondary N) is 2. The fourth-order valence-electron chi connectivity index (χ4n) is 3.15. The predicted molar refractivity (Wildman–Crippen MR) is 125 cm³/mol. The topological polar surface area (TPSA) is 58.2 Å². The first-order valence-electron chi connectivity index (χ1n) is 10.1. The van der Waals surface area contributed by atoms with E-state index >= 15 is 0 Å². The van der Waals surface area contributed by atoms with Crippen LogP contribution in [-0.2, 0) is 11.2 Å². The molecule has 0 aromatic heterocycles. The molecular weight excluding hydrogens is 411 g/mol. The summed E-state index contributed by atoms with van der Waals surface area (Å²) < 4.78 is 13.8. The van der Waals surface area contributed by atoms with Crippen molar-refractivity contribution in [3.63, 3.8) is 0 Å². The molecule has 3 aromatic rings. The first kappa shape index (κ1) is 22.6. The number of benzene rings is 3. The van der Waals surface area contributed by atoms with Gasteiger partial charge in [0, 0.05) is 16.3 Å². The average molecular weight is 437 g/mol. The van der Waals surface area contributed by atoms with Crippen molar-refractivity contribution in [2.24, 2.45) is 0 Å². The van der Waals surface area contributed by atoms with Gasteiger partial charge in [-0.15, -0.1) is 11.8 Å². The van der Waals surface area contributed by atoms with Gasteiger partial charge in [0.25, 0.3) is 5.91 Å². The Morgan fingerprint density at radius 1 is 0.968 bits per heavy atom. The van der Waals surface area contributed by atoms with Gasteiger partial charge in [0.2, 0.25) is 5.91 Å². The summed E-state index contributed by atoms with van der Waals surface area (Å²) in [6.45, 7) is 5.91. The van der Waals surface area contributed by atoms with Crippen molar-refractivity contribution in [3.8, 4) is 0 Å². The van der Waals surface area contributed by atoms with Crippen LogP contribution in [0.4, 0.5) is 15.8 Å². The molecule has 0 aliphatic heterocycles. The molecule has 2 amide bonds. The van der Waals surface area contributed by atoms with Crippen LogP contribution in [0.25, 0.3) is 0 Å². The van der Waals surface area contributed by atoms with Gasteiger partial charge in [0.05, 0.1) is 10.8 Å². The van der Waals surface area contributed by atoms with Gasteiger partial charge in [0.15, 0.2) is 0 Å². The van der Waals surface area contributed by atoms with E-state index in [2.05, 4.69) is 17.6 Å². The Balaban J connectivity index is 1.61. The number of aryl methyl sites for hydroxylation is 2. The summed E-state index contributed by atoms with van der Waals surface area (Å²) in [6, 6.07) is 19.0. The maximum Gasteiger partial charge on any atom is 0.258 e. The Morgan fingerprint density at radius 3 is 2.35 bits per heavy atom. The number of thioether (sulfide) groups is 1. The number of hydrogen-bond donors (Lipinski definition) is 2. The number of para-hydroxylation sites is 1. The number of carbonyl (C=O) groups is 2. The minimum Gasteiger partial charge on any atom is -0.325 e. The van der Waals surface area contributed by atoms with E-state index in [1.165, 1.54) is 30.0 Å². The van der Waals surface area contributed by atoms with E-state index in [0.29, 0.717) is 5.69 Å². The average Bonchev–Trinajstić information content (AvgIpc) is 2.76. The maximum atomic E-state index is 13.8. The van der Waals surface area contributed by atoms with Gasteiger partial charge in [0.1, 0.15) is 5.82 Å². The van der Waals surface area contributed by atoms with Crippen molar-refractivity contribution >= 4 is 35.0 Å². The van der Waals surface area contributed by atoms with Gasteiger partial charge >= 0.3 is 0 Å². The third-order valence-corrected chi connectivity index (χ3v) is 6.01. The number of hydrogen-bond acceptors (Lipinski definition) is 3. The highest BCUT2D eigenvalue weighted by atomic mass is 32.2. The highest BCUT2D eigenvalue weighted by molar-refractivity contribution is 8.00. The molecule has 1 atom stereocenters. The number of amides is 2. The Hall–Kier alpha value is -3.12. The number of halogens is 1. The standard InChI is InChI=1S/C25H25FN2O2S/c1-4-18-9-7-8-16(2)23(18)28-24(29)17(3)31-20-14-12-19(13-15-20)27-25(30)21-10-5-6-11-22(21)26/h5-15,17H,4H2,1-3H3,(H,27,30)(H,28,29). The second-order valence-electron chi connectivity index (χ2n) is 7.17. The summed E-state index contributed by atoms with van der Waals surface area (Å²) in [5, 5.41) is 5.44. The number of rotatable bonds is 7. The van der Waals surface area contributed by atoms with E-state index in [9.17, 15) is 14.0 Å². The van der Waals surface area contributed by atoms with Crippen LogP contribution in [0.3, 0.4) is 0 Å². The molecule has 6 heteroatoms. The van der Waals surface area contributed by atoms with E-state index < -0.39 is 11.7 Å². The summed E-state index contributed by atoms with van der Waals surface area (Å²) in [7, 11) is 0. The zero-order valence-corrected chi connectivity index (χ0v) is 18.6. The Kier molecular flexibility index (Phi) is 7.47.